The summed E-state index contributed by atoms with van der Waals surface area (Å²) < 4.78 is 2.40. The molecule has 0 aliphatic heterocycles. The molecule has 0 saturated heterocycles. The molecular weight excluding hydrogens is 174 g/mol. The molecule has 0 aromatic heterocycles. The molecule has 1 aromatic rings. The fourth-order valence-electron chi connectivity index (χ4n) is 1.25. The topological polar surface area (TPSA) is 3.24 Å². The second-order valence-corrected chi connectivity index (χ2v) is 5.71. The number of nitrogens with zero attached hydrogens (tertiary/aromatic N) is 1. The summed E-state index contributed by atoms with van der Waals surface area (Å²) in [5.74, 6) is 0. The minimum absolute atomic E-state index is 0.299. The predicted octanol–water partition coefficient (Wildman–Crippen LogP) is 1.22. The average molecular weight is 193 g/mol. The van der Waals surface area contributed by atoms with Crippen molar-refractivity contribution in [1.29, 1.82) is 0 Å². The van der Waals surface area contributed by atoms with E-state index in [0.717, 1.165) is 16.8 Å². The maximum atomic E-state index is 2.40. The van der Waals surface area contributed by atoms with Crippen LogP contribution in [-0.2, 0) is 6.42 Å². The Balaban J connectivity index is 2.69. The van der Waals surface area contributed by atoms with E-state index < -0.39 is 0 Å². The molecule has 0 spiro atoms. The van der Waals surface area contributed by atoms with Gasteiger partial charge >= 0.3 is 0 Å². The van der Waals surface area contributed by atoms with Crippen LogP contribution >= 0.6 is 0 Å². The van der Waals surface area contributed by atoms with Crippen molar-refractivity contribution in [2.45, 2.75) is 25.8 Å². The summed E-state index contributed by atoms with van der Waals surface area (Å²) in [6.07, 6.45) is 1.13. The van der Waals surface area contributed by atoms with Crippen molar-refractivity contribution in [3.05, 3.63) is 35.9 Å². The molecule has 0 unspecified atom stereocenters. The summed E-state index contributed by atoms with van der Waals surface area (Å²) in [5, 5.41) is 0. The Hall–Kier alpha value is -0.603. The monoisotopic (exact) mass is 193 g/mol. The Labute approximate surface area is 84.3 Å². The minimum Gasteiger partial charge on any atom is -0.330 e. The zero-order chi connectivity index (χ0) is 9.90. The highest BCUT2D eigenvalue weighted by molar-refractivity contribution is 6.04. The van der Waals surface area contributed by atoms with Crippen LogP contribution in [0.5, 0.6) is 0 Å². The van der Waals surface area contributed by atoms with Gasteiger partial charge in [0.25, 0.3) is 0 Å². The summed E-state index contributed by atoms with van der Waals surface area (Å²) in [6, 6.07) is 10.7. The van der Waals surface area contributed by atoms with Gasteiger partial charge in [-0.1, -0.05) is 30.3 Å². The zero-order valence-electron chi connectivity index (χ0n) is 9.04. The van der Waals surface area contributed by atoms with Gasteiger partial charge in [-0.3, -0.25) is 0 Å². The third-order valence-corrected chi connectivity index (χ3v) is 3.90. The van der Waals surface area contributed by atoms with Gasteiger partial charge in [0.15, 0.2) is 0 Å². The van der Waals surface area contributed by atoms with E-state index in [1.165, 1.54) is 5.56 Å². The number of hydrogen-bond donors (Lipinski definition) is 0. The van der Waals surface area contributed by atoms with E-state index in [4.69, 9.17) is 0 Å². The summed E-state index contributed by atoms with van der Waals surface area (Å²) in [7, 11) is 3.31. The normalized spacial score (nSPS) is 12.3. The third kappa shape index (κ3) is 2.97. The van der Waals surface area contributed by atoms with Gasteiger partial charge in [-0.05, 0) is 32.9 Å². The van der Waals surface area contributed by atoms with E-state index in [2.05, 4.69) is 55.8 Å². The van der Waals surface area contributed by atoms with Crippen molar-refractivity contribution in [3.8, 4) is 0 Å². The van der Waals surface area contributed by atoms with E-state index in [9.17, 15) is 0 Å². The fourth-order valence-corrected chi connectivity index (χ4v) is 1.41. The quantitative estimate of drug-likeness (QED) is 0.653. The van der Waals surface area contributed by atoms with Gasteiger partial charge in [-0.15, -0.1) is 0 Å². The fraction of sp³-hybridized carbons (Fsp3) is 0.455. The van der Waals surface area contributed by atoms with Crippen LogP contribution in [0.1, 0.15) is 19.4 Å². The van der Waals surface area contributed by atoms with Crippen molar-refractivity contribution in [1.82, 2.24) is 4.57 Å². The van der Waals surface area contributed by atoms with Gasteiger partial charge < -0.3 is 4.57 Å². The van der Waals surface area contributed by atoms with Gasteiger partial charge in [-0.25, -0.2) is 0 Å². The third-order valence-electron chi connectivity index (χ3n) is 2.69. The first kappa shape index (κ1) is 10.5. The van der Waals surface area contributed by atoms with Crippen molar-refractivity contribution >= 4 is 10.4 Å². The SMILES string of the molecule is CN([SiH3])C(C)(C)Cc1ccccc1. The maximum absolute atomic E-state index is 2.40. The van der Waals surface area contributed by atoms with Gasteiger partial charge in [0.05, 0.1) is 10.4 Å². The van der Waals surface area contributed by atoms with E-state index in [1.807, 2.05) is 0 Å². The molecule has 0 aliphatic rings. The first-order valence-corrected chi connectivity index (χ1v) is 5.63. The summed E-state index contributed by atoms with van der Waals surface area (Å²) in [5.41, 5.74) is 1.73. The lowest BCUT2D eigenvalue weighted by Gasteiger charge is -2.33. The Morgan fingerprint density at radius 3 is 2.23 bits per heavy atom. The van der Waals surface area contributed by atoms with Crippen LogP contribution in [0.4, 0.5) is 0 Å². The Morgan fingerprint density at radius 1 is 1.23 bits per heavy atom. The maximum Gasteiger partial charge on any atom is 0.0787 e. The largest absolute Gasteiger partial charge is 0.330 e. The van der Waals surface area contributed by atoms with Gasteiger partial charge in [0.2, 0.25) is 0 Å². The van der Waals surface area contributed by atoms with Crippen LogP contribution < -0.4 is 0 Å². The van der Waals surface area contributed by atoms with Crippen LogP contribution in [0.3, 0.4) is 0 Å². The van der Waals surface area contributed by atoms with Crippen molar-refractivity contribution in [2.24, 2.45) is 0 Å². The van der Waals surface area contributed by atoms with E-state index in [-0.39, 0.29) is 0 Å². The van der Waals surface area contributed by atoms with E-state index in [0.29, 0.717) is 5.54 Å². The smallest absolute Gasteiger partial charge is 0.0787 e. The van der Waals surface area contributed by atoms with Crippen LogP contribution in [-0.4, -0.2) is 27.6 Å². The molecule has 1 rings (SSSR count). The summed E-state index contributed by atoms with van der Waals surface area (Å²) in [6.45, 7) is 4.60. The lowest BCUT2D eigenvalue weighted by atomic mass is 9.95. The number of likely N-dealkylation sites (N-methyl/N-ethyl adjacent to an activating group) is 1. The van der Waals surface area contributed by atoms with Crippen LogP contribution in [0.15, 0.2) is 30.3 Å². The van der Waals surface area contributed by atoms with Gasteiger partial charge in [0, 0.05) is 5.54 Å². The molecular formula is C11H19NSi. The summed E-state index contributed by atoms with van der Waals surface area (Å²) in [4.78, 5) is 0. The average Bonchev–Trinajstić information content (AvgIpc) is 2.05. The second-order valence-electron chi connectivity index (χ2n) is 4.37. The van der Waals surface area contributed by atoms with Crippen molar-refractivity contribution < 1.29 is 0 Å². The molecule has 0 atom stereocenters. The number of rotatable bonds is 3. The first-order chi connectivity index (χ1) is 6.02. The van der Waals surface area contributed by atoms with E-state index in [1.54, 1.807) is 0 Å². The lowest BCUT2D eigenvalue weighted by molar-refractivity contribution is 0.275. The van der Waals surface area contributed by atoms with Crippen LogP contribution in [0.2, 0.25) is 0 Å². The molecule has 0 amide bonds. The Bertz CT molecular complexity index is 254. The highest BCUT2D eigenvalue weighted by Crippen LogP contribution is 2.16. The second kappa shape index (κ2) is 4.07. The number of benzene rings is 1. The molecule has 1 aromatic carbocycles. The standard InChI is InChI=1S/C11H19NSi/c1-11(2,12(3)13)9-10-7-5-4-6-8-10/h4-8H,9H2,1-3,13H3. The zero-order valence-corrected chi connectivity index (χ0v) is 11.0. The molecule has 0 saturated carbocycles. The van der Waals surface area contributed by atoms with Crippen LogP contribution in [0, 0.1) is 0 Å². The van der Waals surface area contributed by atoms with Crippen molar-refractivity contribution in [2.75, 3.05) is 7.05 Å². The molecule has 0 fully saturated rings. The molecule has 0 aliphatic carbocycles. The molecule has 72 valence electrons. The molecule has 1 nitrogen and oxygen atoms in total. The van der Waals surface area contributed by atoms with Crippen LogP contribution in [0.25, 0.3) is 0 Å². The highest BCUT2D eigenvalue weighted by atomic mass is 28.2. The van der Waals surface area contributed by atoms with Crippen molar-refractivity contribution in [3.63, 3.8) is 0 Å². The van der Waals surface area contributed by atoms with Gasteiger partial charge in [-0.2, -0.15) is 0 Å². The minimum atomic E-state index is 0.299. The van der Waals surface area contributed by atoms with E-state index >= 15 is 0 Å². The molecule has 2 heteroatoms. The van der Waals surface area contributed by atoms with Gasteiger partial charge in [0.1, 0.15) is 0 Å². The highest BCUT2D eigenvalue weighted by Gasteiger charge is 2.19. The molecule has 0 bridgehead atoms. The molecule has 0 heterocycles. The molecule has 0 radical (unpaired) electrons. The first-order valence-electron chi connectivity index (χ1n) is 4.74. The Morgan fingerprint density at radius 2 is 1.77 bits per heavy atom. The lowest BCUT2D eigenvalue weighted by Crippen LogP contribution is -2.41. The molecule has 0 N–H and O–H groups in total. The molecule has 13 heavy (non-hydrogen) atoms. The summed E-state index contributed by atoms with van der Waals surface area (Å²) >= 11 is 0. The Kier molecular flexibility index (Phi) is 3.28. The predicted molar refractivity (Wildman–Crippen MR) is 61.9 cm³/mol. The number of hydrogen-bond acceptors (Lipinski definition) is 1.